The Hall–Kier alpha value is -3.46. The van der Waals surface area contributed by atoms with Crippen molar-refractivity contribution in [1.82, 2.24) is 19.9 Å². The molecule has 1 aliphatic rings. The van der Waals surface area contributed by atoms with Crippen LogP contribution in [0.25, 0.3) is 10.9 Å². The van der Waals surface area contributed by atoms with Crippen LogP contribution in [0, 0.1) is 0 Å². The maximum absolute atomic E-state index is 12.3. The molecule has 0 aliphatic carbocycles. The Morgan fingerprint density at radius 2 is 1.97 bits per heavy atom. The number of para-hydroxylation sites is 1. The van der Waals surface area contributed by atoms with E-state index < -0.39 is 11.2 Å². The van der Waals surface area contributed by atoms with Gasteiger partial charge in [0.1, 0.15) is 5.82 Å². The van der Waals surface area contributed by atoms with Gasteiger partial charge in [-0.3, -0.25) is 19.1 Å². The van der Waals surface area contributed by atoms with Crippen molar-refractivity contribution in [1.29, 1.82) is 0 Å². The number of hydrogen-bond donors (Lipinski definition) is 2. The maximum Gasteiger partial charge on any atom is 0.328 e. The van der Waals surface area contributed by atoms with Gasteiger partial charge in [0, 0.05) is 38.8 Å². The lowest BCUT2D eigenvalue weighted by atomic mass is 10.2. The normalized spacial score (nSPS) is 14.1. The van der Waals surface area contributed by atoms with Crippen molar-refractivity contribution in [3.63, 3.8) is 0 Å². The van der Waals surface area contributed by atoms with Gasteiger partial charge in [-0.05, 0) is 29.8 Å². The predicted molar refractivity (Wildman–Crippen MR) is 113 cm³/mol. The number of pyridine rings is 1. The number of aromatic amines is 1. The molecule has 2 aromatic heterocycles. The summed E-state index contributed by atoms with van der Waals surface area (Å²) in [4.78, 5) is 45.3. The third kappa shape index (κ3) is 4.41. The minimum Gasteiger partial charge on any atom is -0.378 e. The van der Waals surface area contributed by atoms with Gasteiger partial charge in [-0.15, -0.1) is 0 Å². The minimum atomic E-state index is -0.518. The van der Waals surface area contributed by atoms with E-state index in [1.54, 1.807) is 30.5 Å². The van der Waals surface area contributed by atoms with Crippen LogP contribution >= 0.6 is 0 Å². The number of nitrogens with zero attached hydrogens (tertiary/aromatic N) is 3. The number of aromatic nitrogens is 3. The Kier molecular flexibility index (Phi) is 5.89. The van der Waals surface area contributed by atoms with E-state index in [-0.39, 0.29) is 18.9 Å². The molecular formula is C21H23N5O4. The number of aryl methyl sites for hydroxylation is 1. The molecule has 4 rings (SSSR count). The summed E-state index contributed by atoms with van der Waals surface area (Å²) >= 11 is 0. The first-order valence-electron chi connectivity index (χ1n) is 9.88. The number of nitrogens with one attached hydrogen (secondary N) is 2. The van der Waals surface area contributed by atoms with Crippen LogP contribution in [0.4, 0.5) is 5.82 Å². The number of morpholine rings is 1. The van der Waals surface area contributed by atoms with Crippen LogP contribution in [-0.2, 0) is 22.6 Å². The third-order valence-electron chi connectivity index (χ3n) is 5.10. The molecule has 1 aliphatic heterocycles. The number of carbonyl (C=O) groups is 1. The highest BCUT2D eigenvalue weighted by molar-refractivity contribution is 5.78. The van der Waals surface area contributed by atoms with Gasteiger partial charge in [-0.2, -0.15) is 0 Å². The molecule has 0 radical (unpaired) electrons. The Bertz CT molecular complexity index is 1160. The second kappa shape index (κ2) is 8.91. The van der Waals surface area contributed by atoms with Gasteiger partial charge in [-0.1, -0.05) is 12.1 Å². The third-order valence-corrected chi connectivity index (χ3v) is 5.10. The van der Waals surface area contributed by atoms with Crippen molar-refractivity contribution < 1.29 is 9.53 Å². The molecule has 0 bridgehead atoms. The number of anilines is 1. The molecule has 0 saturated carbocycles. The first kappa shape index (κ1) is 19.8. The zero-order valence-electron chi connectivity index (χ0n) is 16.5. The highest BCUT2D eigenvalue weighted by Crippen LogP contribution is 2.14. The highest BCUT2D eigenvalue weighted by Gasteiger charge is 2.13. The Morgan fingerprint density at radius 1 is 1.17 bits per heavy atom. The summed E-state index contributed by atoms with van der Waals surface area (Å²) in [6.45, 7) is 3.51. The van der Waals surface area contributed by atoms with E-state index >= 15 is 0 Å². The molecule has 1 fully saturated rings. The van der Waals surface area contributed by atoms with Crippen molar-refractivity contribution in [3.05, 3.63) is 69.0 Å². The lowest BCUT2D eigenvalue weighted by Gasteiger charge is -2.28. The van der Waals surface area contributed by atoms with E-state index in [0.29, 0.717) is 30.7 Å². The molecule has 0 spiro atoms. The second-order valence-corrected chi connectivity index (χ2v) is 7.08. The summed E-state index contributed by atoms with van der Waals surface area (Å²) in [6, 6.07) is 10.7. The Morgan fingerprint density at radius 3 is 2.80 bits per heavy atom. The summed E-state index contributed by atoms with van der Waals surface area (Å²) in [5.41, 5.74) is 0.524. The lowest BCUT2D eigenvalue weighted by molar-refractivity contribution is -0.121. The van der Waals surface area contributed by atoms with Gasteiger partial charge < -0.3 is 15.0 Å². The monoisotopic (exact) mass is 409 g/mol. The van der Waals surface area contributed by atoms with E-state index in [9.17, 15) is 14.4 Å². The molecule has 0 atom stereocenters. The number of hydrogen-bond acceptors (Lipinski definition) is 6. The predicted octanol–water partition coefficient (Wildman–Crippen LogP) is 0.628. The highest BCUT2D eigenvalue weighted by atomic mass is 16.5. The zero-order valence-corrected chi connectivity index (χ0v) is 16.5. The van der Waals surface area contributed by atoms with Gasteiger partial charge >= 0.3 is 5.69 Å². The van der Waals surface area contributed by atoms with Crippen LogP contribution in [-0.4, -0.2) is 46.7 Å². The van der Waals surface area contributed by atoms with E-state index in [1.807, 2.05) is 12.1 Å². The smallest absolute Gasteiger partial charge is 0.328 e. The molecule has 9 nitrogen and oxygen atoms in total. The molecule has 1 aromatic carbocycles. The summed E-state index contributed by atoms with van der Waals surface area (Å²) in [5.74, 6) is 0.693. The molecule has 30 heavy (non-hydrogen) atoms. The quantitative estimate of drug-likeness (QED) is 0.618. The van der Waals surface area contributed by atoms with Gasteiger partial charge in [0.05, 0.1) is 24.1 Å². The van der Waals surface area contributed by atoms with Crippen molar-refractivity contribution in [2.45, 2.75) is 19.5 Å². The fourth-order valence-corrected chi connectivity index (χ4v) is 3.50. The first-order valence-corrected chi connectivity index (χ1v) is 9.88. The number of rotatable bonds is 6. The van der Waals surface area contributed by atoms with Crippen LogP contribution in [0.3, 0.4) is 0 Å². The van der Waals surface area contributed by atoms with Gasteiger partial charge in [0.15, 0.2) is 0 Å². The Balaban J connectivity index is 1.38. The zero-order chi connectivity index (χ0) is 20.9. The molecule has 2 N–H and O–H groups in total. The van der Waals surface area contributed by atoms with Gasteiger partial charge in [0.2, 0.25) is 5.91 Å². The van der Waals surface area contributed by atoms with Crippen LogP contribution < -0.4 is 21.5 Å². The van der Waals surface area contributed by atoms with E-state index in [0.717, 1.165) is 24.5 Å². The number of H-pyrrole nitrogens is 1. The fraction of sp³-hybridized carbons (Fsp3) is 0.333. The van der Waals surface area contributed by atoms with Gasteiger partial charge in [0.25, 0.3) is 5.56 Å². The summed E-state index contributed by atoms with van der Waals surface area (Å²) in [5, 5.41) is 3.30. The summed E-state index contributed by atoms with van der Waals surface area (Å²) in [7, 11) is 0. The van der Waals surface area contributed by atoms with Gasteiger partial charge in [-0.25, -0.2) is 9.78 Å². The SMILES string of the molecule is O=C(CCn1c(=O)[nH]c(=O)c2ccccc21)NCc1ccnc(N2CCOCC2)c1. The van der Waals surface area contributed by atoms with Crippen molar-refractivity contribution in [3.8, 4) is 0 Å². The molecule has 1 saturated heterocycles. The molecule has 9 heteroatoms. The molecular weight excluding hydrogens is 386 g/mol. The summed E-state index contributed by atoms with van der Waals surface area (Å²) in [6.07, 6.45) is 1.86. The minimum absolute atomic E-state index is 0.122. The molecule has 3 heterocycles. The van der Waals surface area contributed by atoms with Crippen molar-refractivity contribution in [2.24, 2.45) is 0 Å². The fourth-order valence-electron chi connectivity index (χ4n) is 3.50. The van der Waals surface area contributed by atoms with E-state index in [4.69, 9.17) is 4.74 Å². The molecule has 156 valence electrons. The maximum atomic E-state index is 12.3. The van der Waals surface area contributed by atoms with Crippen molar-refractivity contribution in [2.75, 3.05) is 31.2 Å². The number of fused-ring (bicyclic) bond motifs is 1. The average molecular weight is 409 g/mol. The molecule has 0 unspecified atom stereocenters. The van der Waals surface area contributed by atoms with Crippen LogP contribution in [0.15, 0.2) is 52.2 Å². The van der Waals surface area contributed by atoms with Crippen LogP contribution in [0.2, 0.25) is 0 Å². The molecule has 3 aromatic rings. The van der Waals surface area contributed by atoms with E-state index in [1.165, 1.54) is 4.57 Å². The summed E-state index contributed by atoms with van der Waals surface area (Å²) < 4.78 is 6.78. The first-order chi connectivity index (χ1) is 14.6. The van der Waals surface area contributed by atoms with Crippen LogP contribution in [0.1, 0.15) is 12.0 Å². The second-order valence-electron chi connectivity index (χ2n) is 7.08. The number of ether oxygens (including phenoxy) is 1. The topological polar surface area (TPSA) is 109 Å². The van der Waals surface area contributed by atoms with E-state index in [2.05, 4.69) is 20.2 Å². The Labute approximate surface area is 172 Å². The van der Waals surface area contributed by atoms with Crippen molar-refractivity contribution >= 4 is 22.6 Å². The average Bonchev–Trinajstić information content (AvgIpc) is 2.78. The van der Waals surface area contributed by atoms with Crippen LogP contribution in [0.5, 0.6) is 0 Å². The number of carbonyl (C=O) groups excluding carboxylic acids is 1. The standard InChI is InChI=1S/C21H23N5O4/c27-19(6-8-26-17-4-2-1-3-16(17)20(28)24-21(26)29)23-14-15-5-7-22-18(13-15)25-9-11-30-12-10-25/h1-5,7,13H,6,8-12,14H2,(H,23,27)(H,24,28,29). The number of amides is 1. The lowest BCUT2D eigenvalue weighted by Crippen LogP contribution is -2.36. The largest absolute Gasteiger partial charge is 0.378 e. The molecule has 1 amide bonds. The number of benzene rings is 1.